The van der Waals surface area contributed by atoms with E-state index in [2.05, 4.69) is 15.3 Å². The van der Waals surface area contributed by atoms with Crippen molar-refractivity contribution in [3.8, 4) is 5.88 Å². The molecule has 124 valence electrons. The number of hydrogen-bond donors (Lipinski definition) is 1. The van der Waals surface area contributed by atoms with Crippen molar-refractivity contribution in [2.45, 2.75) is 51.2 Å². The van der Waals surface area contributed by atoms with Gasteiger partial charge >= 0.3 is 0 Å². The second-order valence-corrected chi connectivity index (χ2v) is 5.61. The summed E-state index contributed by atoms with van der Waals surface area (Å²) in [4.78, 5) is 8.87. The fourth-order valence-electron chi connectivity index (χ4n) is 2.68. The van der Waals surface area contributed by atoms with Gasteiger partial charge in [-0.2, -0.15) is 4.98 Å². The van der Waals surface area contributed by atoms with Crippen LogP contribution >= 0.6 is 0 Å². The third kappa shape index (κ3) is 5.77. The van der Waals surface area contributed by atoms with E-state index in [0.29, 0.717) is 37.6 Å². The van der Waals surface area contributed by atoms with Crippen LogP contribution < -0.4 is 10.1 Å². The number of ether oxygens (including phenoxy) is 3. The second kappa shape index (κ2) is 9.58. The van der Waals surface area contributed by atoms with E-state index >= 15 is 0 Å². The molecule has 22 heavy (non-hydrogen) atoms. The Morgan fingerprint density at radius 2 is 1.82 bits per heavy atom. The van der Waals surface area contributed by atoms with E-state index in [4.69, 9.17) is 14.2 Å². The zero-order chi connectivity index (χ0) is 15.6. The first kappa shape index (κ1) is 17.0. The number of nitrogens with zero attached hydrogens (tertiary/aromatic N) is 2. The van der Waals surface area contributed by atoms with Gasteiger partial charge < -0.3 is 19.5 Å². The number of aromatic nitrogens is 2. The molecule has 2 rings (SSSR count). The molecule has 0 saturated heterocycles. The van der Waals surface area contributed by atoms with Crippen molar-refractivity contribution < 1.29 is 14.2 Å². The standard InChI is InChI=1S/C16H27N3O3/c1-20-9-10-22-16-11-14(18-15(19-16)12-21-2)17-13-7-5-3-4-6-8-13/h11,13H,3-10,12H2,1-2H3,(H,17,18,19). The van der Waals surface area contributed by atoms with Crippen LogP contribution in [0.3, 0.4) is 0 Å². The first-order chi connectivity index (χ1) is 10.8. The average Bonchev–Trinajstić information content (AvgIpc) is 2.76. The molecule has 0 atom stereocenters. The van der Waals surface area contributed by atoms with E-state index in [9.17, 15) is 0 Å². The van der Waals surface area contributed by atoms with Crippen molar-refractivity contribution in [2.75, 3.05) is 32.8 Å². The van der Waals surface area contributed by atoms with Gasteiger partial charge in [0.15, 0.2) is 5.82 Å². The Labute approximate surface area is 132 Å². The Morgan fingerprint density at radius 3 is 2.50 bits per heavy atom. The number of rotatable bonds is 8. The van der Waals surface area contributed by atoms with E-state index in [1.165, 1.54) is 38.5 Å². The maximum atomic E-state index is 5.62. The molecule has 1 aromatic heterocycles. The molecule has 1 aromatic rings. The second-order valence-electron chi connectivity index (χ2n) is 5.61. The van der Waals surface area contributed by atoms with E-state index in [0.717, 1.165) is 5.82 Å². The molecular formula is C16H27N3O3. The smallest absolute Gasteiger partial charge is 0.218 e. The van der Waals surface area contributed by atoms with Gasteiger partial charge in [-0.25, -0.2) is 4.98 Å². The minimum atomic E-state index is 0.376. The number of anilines is 1. The van der Waals surface area contributed by atoms with Gasteiger partial charge in [0.05, 0.1) is 6.61 Å². The van der Waals surface area contributed by atoms with Crippen LogP contribution in [-0.2, 0) is 16.1 Å². The highest BCUT2D eigenvalue weighted by atomic mass is 16.5. The molecule has 0 bridgehead atoms. The molecule has 0 amide bonds. The fraction of sp³-hybridized carbons (Fsp3) is 0.750. The maximum absolute atomic E-state index is 5.62. The SMILES string of the molecule is COCCOc1cc(NC2CCCCCC2)nc(COC)n1. The summed E-state index contributed by atoms with van der Waals surface area (Å²) in [6.07, 6.45) is 7.63. The van der Waals surface area contributed by atoms with Gasteiger partial charge in [-0.1, -0.05) is 25.7 Å². The van der Waals surface area contributed by atoms with Crippen molar-refractivity contribution in [3.05, 3.63) is 11.9 Å². The van der Waals surface area contributed by atoms with Crippen LogP contribution in [0.5, 0.6) is 5.88 Å². The zero-order valence-electron chi connectivity index (χ0n) is 13.6. The van der Waals surface area contributed by atoms with Crippen LogP contribution in [-0.4, -0.2) is 43.4 Å². The van der Waals surface area contributed by atoms with Gasteiger partial charge in [0, 0.05) is 26.3 Å². The summed E-state index contributed by atoms with van der Waals surface area (Å²) in [5.41, 5.74) is 0. The van der Waals surface area contributed by atoms with Gasteiger partial charge in [0.2, 0.25) is 5.88 Å². The summed E-state index contributed by atoms with van der Waals surface area (Å²) in [7, 11) is 3.29. The zero-order valence-corrected chi connectivity index (χ0v) is 13.6. The predicted molar refractivity (Wildman–Crippen MR) is 85.2 cm³/mol. The van der Waals surface area contributed by atoms with Crippen LogP contribution in [0.25, 0.3) is 0 Å². The summed E-state index contributed by atoms with van der Waals surface area (Å²) < 4.78 is 15.8. The quantitative estimate of drug-likeness (QED) is 0.588. The lowest BCUT2D eigenvalue weighted by Gasteiger charge is -2.18. The number of methoxy groups -OCH3 is 2. The Hall–Kier alpha value is -1.40. The topological polar surface area (TPSA) is 65.5 Å². The van der Waals surface area contributed by atoms with Crippen LogP contribution in [0.4, 0.5) is 5.82 Å². The molecule has 6 heteroatoms. The number of nitrogens with one attached hydrogen (secondary N) is 1. The van der Waals surface area contributed by atoms with Crippen molar-refractivity contribution in [3.63, 3.8) is 0 Å². The Bertz CT molecular complexity index is 435. The third-order valence-corrected chi connectivity index (χ3v) is 3.77. The van der Waals surface area contributed by atoms with E-state index in [1.54, 1.807) is 14.2 Å². The fourth-order valence-corrected chi connectivity index (χ4v) is 2.68. The van der Waals surface area contributed by atoms with E-state index in [-0.39, 0.29) is 0 Å². The van der Waals surface area contributed by atoms with E-state index in [1.807, 2.05) is 6.07 Å². The van der Waals surface area contributed by atoms with Gasteiger partial charge in [-0.3, -0.25) is 0 Å². The Balaban J connectivity index is 2.03. The highest BCUT2D eigenvalue weighted by molar-refractivity contribution is 5.39. The summed E-state index contributed by atoms with van der Waals surface area (Å²) in [5, 5.41) is 3.53. The molecule has 1 fully saturated rings. The number of hydrogen-bond acceptors (Lipinski definition) is 6. The van der Waals surface area contributed by atoms with Crippen molar-refractivity contribution in [1.82, 2.24) is 9.97 Å². The summed E-state index contributed by atoms with van der Waals surface area (Å²) >= 11 is 0. The van der Waals surface area contributed by atoms with Crippen LogP contribution in [0.15, 0.2) is 6.07 Å². The first-order valence-corrected chi connectivity index (χ1v) is 8.07. The minimum Gasteiger partial charge on any atom is -0.475 e. The van der Waals surface area contributed by atoms with Crippen LogP contribution in [0.2, 0.25) is 0 Å². The lowest BCUT2D eigenvalue weighted by Crippen LogP contribution is -2.20. The van der Waals surface area contributed by atoms with Gasteiger partial charge in [0.25, 0.3) is 0 Å². The molecule has 0 aliphatic heterocycles. The predicted octanol–water partition coefficient (Wildman–Crippen LogP) is 2.78. The van der Waals surface area contributed by atoms with Crippen molar-refractivity contribution in [2.24, 2.45) is 0 Å². The molecule has 1 aliphatic rings. The Morgan fingerprint density at radius 1 is 1.05 bits per heavy atom. The highest BCUT2D eigenvalue weighted by Gasteiger charge is 2.14. The average molecular weight is 309 g/mol. The lowest BCUT2D eigenvalue weighted by molar-refractivity contribution is 0.142. The first-order valence-electron chi connectivity index (χ1n) is 8.07. The van der Waals surface area contributed by atoms with Gasteiger partial charge in [0.1, 0.15) is 19.0 Å². The monoisotopic (exact) mass is 309 g/mol. The molecular weight excluding hydrogens is 282 g/mol. The summed E-state index contributed by atoms with van der Waals surface area (Å²) in [6, 6.07) is 2.35. The minimum absolute atomic E-state index is 0.376. The molecule has 0 radical (unpaired) electrons. The van der Waals surface area contributed by atoms with Gasteiger partial charge in [-0.15, -0.1) is 0 Å². The lowest BCUT2D eigenvalue weighted by atomic mass is 10.1. The van der Waals surface area contributed by atoms with Crippen LogP contribution in [0, 0.1) is 0 Å². The third-order valence-electron chi connectivity index (χ3n) is 3.77. The molecule has 6 nitrogen and oxygen atoms in total. The summed E-state index contributed by atoms with van der Waals surface area (Å²) in [5.74, 6) is 2.02. The Kier molecular flexibility index (Phi) is 7.39. The normalized spacial score (nSPS) is 16.3. The molecule has 0 aromatic carbocycles. The van der Waals surface area contributed by atoms with Crippen molar-refractivity contribution >= 4 is 5.82 Å². The van der Waals surface area contributed by atoms with Gasteiger partial charge in [-0.05, 0) is 12.8 Å². The molecule has 0 unspecified atom stereocenters. The maximum Gasteiger partial charge on any atom is 0.218 e. The molecule has 1 heterocycles. The summed E-state index contributed by atoms with van der Waals surface area (Å²) in [6.45, 7) is 1.39. The molecule has 1 saturated carbocycles. The van der Waals surface area contributed by atoms with Crippen LogP contribution in [0.1, 0.15) is 44.3 Å². The highest BCUT2D eigenvalue weighted by Crippen LogP contribution is 2.22. The largest absolute Gasteiger partial charge is 0.475 e. The van der Waals surface area contributed by atoms with E-state index < -0.39 is 0 Å². The molecule has 1 aliphatic carbocycles. The molecule has 0 spiro atoms. The van der Waals surface area contributed by atoms with Crippen molar-refractivity contribution in [1.29, 1.82) is 0 Å². The molecule has 1 N–H and O–H groups in total.